The topological polar surface area (TPSA) is 45.1 Å². The van der Waals surface area contributed by atoms with Gasteiger partial charge in [0.15, 0.2) is 0 Å². The van der Waals surface area contributed by atoms with Crippen molar-refractivity contribution in [1.82, 2.24) is 10.3 Å². The predicted molar refractivity (Wildman–Crippen MR) is 72.0 cm³/mol. The number of hydrogen-bond donors (Lipinski definition) is 2. The van der Waals surface area contributed by atoms with E-state index in [0.29, 0.717) is 0 Å². The van der Waals surface area contributed by atoms with Gasteiger partial charge in [-0.15, -0.1) is 0 Å². The number of halogens is 1. The molecule has 19 heavy (non-hydrogen) atoms. The second-order valence-electron chi connectivity index (χ2n) is 4.44. The fraction of sp³-hybridized carbons (Fsp3) is 0.267. The zero-order valence-corrected chi connectivity index (χ0v) is 10.8. The highest BCUT2D eigenvalue weighted by atomic mass is 19.1. The highest BCUT2D eigenvalue weighted by Crippen LogP contribution is 2.18. The molecule has 100 valence electrons. The molecule has 0 amide bonds. The van der Waals surface area contributed by atoms with Crippen LogP contribution in [0.5, 0.6) is 0 Å². The maximum Gasteiger partial charge on any atom is 0.141 e. The lowest BCUT2D eigenvalue weighted by molar-refractivity contribution is 0.235. The summed E-state index contributed by atoms with van der Waals surface area (Å²) in [4.78, 5) is 4.04. The first-order chi connectivity index (χ1) is 9.20. The van der Waals surface area contributed by atoms with E-state index in [0.717, 1.165) is 11.3 Å². The minimum absolute atomic E-state index is 0.00442. The molecule has 0 aliphatic rings. The summed E-state index contributed by atoms with van der Waals surface area (Å²) in [6, 6.07) is 12.5. The third-order valence-electron chi connectivity index (χ3n) is 3.03. The van der Waals surface area contributed by atoms with E-state index in [-0.39, 0.29) is 24.5 Å². The summed E-state index contributed by atoms with van der Waals surface area (Å²) in [6.45, 7) is 1.93. The Morgan fingerprint density at radius 1 is 1.21 bits per heavy atom. The number of rotatable bonds is 5. The van der Waals surface area contributed by atoms with Crippen LogP contribution in [0.25, 0.3) is 0 Å². The number of aromatic nitrogens is 1. The molecule has 3 nitrogen and oxygen atoms in total. The molecule has 0 spiro atoms. The molecule has 4 heteroatoms. The van der Waals surface area contributed by atoms with Crippen molar-refractivity contribution in [1.29, 1.82) is 0 Å². The van der Waals surface area contributed by atoms with Crippen molar-refractivity contribution in [3.8, 4) is 0 Å². The van der Waals surface area contributed by atoms with Crippen molar-refractivity contribution < 1.29 is 9.50 Å². The van der Waals surface area contributed by atoms with Gasteiger partial charge in [0.05, 0.1) is 24.5 Å². The number of aliphatic hydroxyl groups is 1. The summed E-state index contributed by atoms with van der Waals surface area (Å²) in [5.74, 6) is -0.349. The number of hydrogen-bond acceptors (Lipinski definition) is 3. The van der Waals surface area contributed by atoms with E-state index in [4.69, 9.17) is 0 Å². The fourth-order valence-corrected chi connectivity index (χ4v) is 1.97. The molecular weight excluding hydrogens is 243 g/mol. The average molecular weight is 260 g/mol. The monoisotopic (exact) mass is 260 g/mol. The van der Waals surface area contributed by atoms with Crippen LogP contribution in [0.2, 0.25) is 0 Å². The van der Waals surface area contributed by atoms with Crippen molar-refractivity contribution >= 4 is 0 Å². The fourth-order valence-electron chi connectivity index (χ4n) is 1.97. The summed E-state index contributed by atoms with van der Waals surface area (Å²) < 4.78 is 12.8. The molecule has 2 aromatic rings. The zero-order chi connectivity index (χ0) is 13.7. The van der Waals surface area contributed by atoms with Crippen molar-refractivity contribution in [2.75, 3.05) is 6.61 Å². The second-order valence-corrected chi connectivity index (χ2v) is 4.44. The Morgan fingerprint density at radius 3 is 2.53 bits per heavy atom. The Balaban J connectivity index is 2.08. The molecule has 0 fully saturated rings. The summed E-state index contributed by atoms with van der Waals surface area (Å²) in [7, 11) is 0. The number of nitrogens with one attached hydrogen (secondary N) is 1. The molecule has 0 aliphatic carbocycles. The Labute approximate surface area is 112 Å². The van der Waals surface area contributed by atoms with E-state index in [1.165, 1.54) is 12.3 Å². The minimum Gasteiger partial charge on any atom is -0.394 e. The molecule has 0 saturated heterocycles. The Kier molecular flexibility index (Phi) is 4.60. The van der Waals surface area contributed by atoms with Gasteiger partial charge in [-0.2, -0.15) is 0 Å². The van der Waals surface area contributed by atoms with E-state index >= 15 is 0 Å². The second kappa shape index (κ2) is 6.41. The summed E-state index contributed by atoms with van der Waals surface area (Å²) in [5, 5.41) is 12.8. The van der Waals surface area contributed by atoms with Gasteiger partial charge >= 0.3 is 0 Å². The van der Waals surface area contributed by atoms with Crippen LogP contribution < -0.4 is 5.32 Å². The van der Waals surface area contributed by atoms with Gasteiger partial charge in [-0.1, -0.05) is 30.3 Å². The number of benzene rings is 1. The van der Waals surface area contributed by atoms with Gasteiger partial charge < -0.3 is 5.11 Å². The van der Waals surface area contributed by atoms with Crippen LogP contribution in [0.15, 0.2) is 48.7 Å². The van der Waals surface area contributed by atoms with Crippen LogP contribution >= 0.6 is 0 Å². The Hall–Kier alpha value is -1.78. The van der Waals surface area contributed by atoms with Gasteiger partial charge in [-0.05, 0) is 24.6 Å². The molecule has 0 bridgehead atoms. The van der Waals surface area contributed by atoms with E-state index < -0.39 is 0 Å². The SMILES string of the molecule is CC(N[C@H](CO)c1ccccc1)c1ccc(F)cn1. The molecule has 2 atom stereocenters. The Bertz CT molecular complexity index is 501. The van der Waals surface area contributed by atoms with Crippen LogP contribution in [0.4, 0.5) is 4.39 Å². The molecule has 1 aromatic carbocycles. The lowest BCUT2D eigenvalue weighted by Crippen LogP contribution is -2.27. The molecule has 1 aromatic heterocycles. The van der Waals surface area contributed by atoms with Crippen molar-refractivity contribution in [3.63, 3.8) is 0 Å². The first-order valence-corrected chi connectivity index (χ1v) is 6.24. The zero-order valence-electron chi connectivity index (χ0n) is 10.8. The van der Waals surface area contributed by atoms with Gasteiger partial charge in [-0.3, -0.25) is 10.3 Å². The van der Waals surface area contributed by atoms with Crippen LogP contribution in [-0.2, 0) is 0 Å². The standard InChI is InChI=1S/C15H17FN2O/c1-11(14-8-7-13(16)9-17-14)18-15(10-19)12-5-3-2-4-6-12/h2-9,11,15,18-19H,10H2,1H3/t11?,15-/m1/s1. The average Bonchev–Trinajstić information content (AvgIpc) is 2.46. The summed E-state index contributed by atoms with van der Waals surface area (Å²) >= 11 is 0. The lowest BCUT2D eigenvalue weighted by atomic mass is 10.1. The Morgan fingerprint density at radius 2 is 1.95 bits per heavy atom. The largest absolute Gasteiger partial charge is 0.394 e. The highest BCUT2D eigenvalue weighted by molar-refractivity contribution is 5.20. The normalized spacial score (nSPS) is 14.1. The molecule has 0 saturated carbocycles. The van der Waals surface area contributed by atoms with Crippen LogP contribution in [-0.4, -0.2) is 16.7 Å². The molecule has 1 unspecified atom stereocenters. The van der Waals surface area contributed by atoms with Crippen LogP contribution in [0.3, 0.4) is 0 Å². The van der Waals surface area contributed by atoms with E-state index in [1.807, 2.05) is 37.3 Å². The molecule has 2 N–H and O–H groups in total. The summed E-state index contributed by atoms with van der Waals surface area (Å²) in [6.07, 6.45) is 1.20. The number of pyridine rings is 1. The predicted octanol–water partition coefficient (Wildman–Crippen LogP) is 2.60. The van der Waals surface area contributed by atoms with Crippen molar-refractivity contribution in [2.45, 2.75) is 19.0 Å². The molecule has 0 radical (unpaired) electrons. The third-order valence-corrected chi connectivity index (χ3v) is 3.03. The van der Waals surface area contributed by atoms with E-state index in [1.54, 1.807) is 6.07 Å². The van der Waals surface area contributed by atoms with E-state index in [2.05, 4.69) is 10.3 Å². The first-order valence-electron chi connectivity index (χ1n) is 6.24. The van der Waals surface area contributed by atoms with Gasteiger partial charge in [0.2, 0.25) is 0 Å². The smallest absolute Gasteiger partial charge is 0.141 e. The van der Waals surface area contributed by atoms with Crippen molar-refractivity contribution in [3.05, 3.63) is 65.7 Å². The maximum absolute atomic E-state index is 12.8. The van der Waals surface area contributed by atoms with Gasteiger partial charge in [0, 0.05) is 6.04 Å². The quantitative estimate of drug-likeness (QED) is 0.868. The van der Waals surface area contributed by atoms with Gasteiger partial charge in [-0.25, -0.2) is 4.39 Å². The number of aliphatic hydroxyl groups excluding tert-OH is 1. The van der Waals surface area contributed by atoms with Crippen LogP contribution in [0.1, 0.15) is 30.3 Å². The minimum atomic E-state index is -0.349. The third kappa shape index (κ3) is 3.59. The maximum atomic E-state index is 12.8. The lowest BCUT2D eigenvalue weighted by Gasteiger charge is -2.21. The van der Waals surface area contributed by atoms with E-state index in [9.17, 15) is 9.50 Å². The molecule has 1 heterocycles. The highest BCUT2D eigenvalue weighted by Gasteiger charge is 2.15. The summed E-state index contributed by atoms with van der Waals surface area (Å²) in [5.41, 5.74) is 1.76. The van der Waals surface area contributed by atoms with Gasteiger partial charge in [0.25, 0.3) is 0 Å². The first kappa shape index (κ1) is 13.6. The van der Waals surface area contributed by atoms with Gasteiger partial charge in [0.1, 0.15) is 5.82 Å². The molecular formula is C15H17FN2O. The molecule has 2 rings (SSSR count). The van der Waals surface area contributed by atoms with Crippen LogP contribution in [0, 0.1) is 5.82 Å². The number of nitrogens with zero attached hydrogens (tertiary/aromatic N) is 1. The molecule has 0 aliphatic heterocycles. The van der Waals surface area contributed by atoms with Crippen molar-refractivity contribution in [2.24, 2.45) is 0 Å².